The molecule has 4 N–H and O–H groups in total. The third kappa shape index (κ3) is 6.13. The van der Waals surface area contributed by atoms with Gasteiger partial charge in [0.25, 0.3) is 11.5 Å². The molecule has 0 fully saturated rings. The molecule has 1 aromatic carbocycles. The van der Waals surface area contributed by atoms with Crippen molar-refractivity contribution in [3.8, 4) is 0 Å². The van der Waals surface area contributed by atoms with E-state index >= 15 is 0 Å². The molecule has 0 atom stereocenters. The molecule has 12 heteroatoms. The number of hydrogen-bond acceptors (Lipinski definition) is 8. The lowest BCUT2D eigenvalue weighted by molar-refractivity contribution is -0.138. The van der Waals surface area contributed by atoms with Gasteiger partial charge in [0, 0.05) is 36.4 Å². The summed E-state index contributed by atoms with van der Waals surface area (Å²) in [5.41, 5.74) is -1.14. The number of esters is 1. The van der Waals surface area contributed by atoms with Gasteiger partial charge in [0.15, 0.2) is 5.65 Å². The van der Waals surface area contributed by atoms with Crippen LogP contribution in [0.2, 0.25) is 0 Å². The van der Waals surface area contributed by atoms with Crippen molar-refractivity contribution in [1.29, 1.82) is 0 Å². The van der Waals surface area contributed by atoms with Gasteiger partial charge in [-0.1, -0.05) is 12.5 Å². The minimum atomic E-state index is -1.12. The van der Waals surface area contributed by atoms with E-state index in [4.69, 9.17) is 5.11 Å². The molecule has 2 heterocycles. The smallest absolute Gasteiger partial charge is 0.325 e. The molecule has 0 saturated heterocycles. The van der Waals surface area contributed by atoms with Crippen LogP contribution in [-0.4, -0.2) is 52.2 Å². The maximum Gasteiger partial charge on any atom is 0.325 e. The van der Waals surface area contributed by atoms with Gasteiger partial charge in [0.05, 0.1) is 12.8 Å². The average Bonchev–Trinajstić information content (AvgIpc) is 2.86. The first-order chi connectivity index (χ1) is 17.3. The first kappa shape index (κ1) is 26.5. The molecule has 0 aliphatic heterocycles. The largest absolute Gasteiger partial charge is 0.468 e. The summed E-state index contributed by atoms with van der Waals surface area (Å²) < 4.78 is 32.0. The van der Waals surface area contributed by atoms with Crippen LogP contribution in [0.5, 0.6) is 0 Å². The van der Waals surface area contributed by atoms with E-state index < -0.39 is 41.2 Å². The van der Waals surface area contributed by atoms with Gasteiger partial charge < -0.3 is 25.7 Å². The summed E-state index contributed by atoms with van der Waals surface area (Å²) in [6.07, 6.45) is 4.22. The van der Waals surface area contributed by atoms with Gasteiger partial charge in [-0.15, -0.1) is 4.73 Å². The van der Waals surface area contributed by atoms with E-state index in [1.54, 1.807) is 6.07 Å². The highest BCUT2D eigenvalue weighted by Gasteiger charge is 2.24. The van der Waals surface area contributed by atoms with E-state index in [0.717, 1.165) is 30.5 Å². The number of amides is 1. The van der Waals surface area contributed by atoms with E-state index in [1.807, 2.05) is 0 Å². The topological polar surface area (TPSA) is 143 Å². The van der Waals surface area contributed by atoms with Crippen molar-refractivity contribution in [2.24, 2.45) is 0 Å². The van der Waals surface area contributed by atoms with E-state index in [-0.39, 0.29) is 40.2 Å². The molecule has 0 aliphatic rings. The molecule has 36 heavy (non-hydrogen) atoms. The number of nitrogens with one attached hydrogen (secondary N) is 2. The van der Waals surface area contributed by atoms with Crippen molar-refractivity contribution >= 4 is 28.6 Å². The molecule has 10 nitrogen and oxygen atoms in total. The Morgan fingerprint density at radius 2 is 1.94 bits per heavy atom. The van der Waals surface area contributed by atoms with Crippen LogP contribution in [0, 0.1) is 11.6 Å². The van der Waals surface area contributed by atoms with Crippen LogP contribution in [-0.2, 0) is 22.5 Å². The van der Waals surface area contributed by atoms with Gasteiger partial charge in [0.1, 0.15) is 23.7 Å². The second-order valence-electron chi connectivity index (χ2n) is 7.96. The number of rotatable bonds is 11. The van der Waals surface area contributed by atoms with Crippen LogP contribution < -0.4 is 16.2 Å². The Morgan fingerprint density at radius 1 is 1.17 bits per heavy atom. The van der Waals surface area contributed by atoms with Crippen molar-refractivity contribution < 1.29 is 33.4 Å². The summed E-state index contributed by atoms with van der Waals surface area (Å²) in [7, 11) is 1.17. The molecule has 0 spiro atoms. The molecule has 1 amide bonds. The number of anilines is 1. The fraction of sp³-hybridized carbons (Fsp3) is 0.333. The Hall–Kier alpha value is -4.06. The van der Waals surface area contributed by atoms with Crippen LogP contribution in [0.3, 0.4) is 0 Å². The van der Waals surface area contributed by atoms with Crippen molar-refractivity contribution in [1.82, 2.24) is 15.0 Å². The summed E-state index contributed by atoms with van der Waals surface area (Å²) in [5.74, 6) is -3.31. The number of nitrogens with zero attached hydrogens (tertiary/aromatic N) is 2. The first-order valence-electron chi connectivity index (χ1n) is 11.2. The number of carbonyl (C=O) groups excluding carboxylic acids is 2. The number of aryl methyl sites for hydroxylation is 1. The summed E-state index contributed by atoms with van der Waals surface area (Å²) >= 11 is 0. The highest BCUT2D eigenvalue weighted by Crippen LogP contribution is 2.26. The summed E-state index contributed by atoms with van der Waals surface area (Å²) in [4.78, 5) is 41.9. The Morgan fingerprint density at radius 3 is 2.64 bits per heavy atom. The Bertz CT molecular complexity index is 1330. The minimum Gasteiger partial charge on any atom is -0.468 e. The van der Waals surface area contributed by atoms with Crippen molar-refractivity contribution in [3.63, 3.8) is 0 Å². The molecule has 3 rings (SSSR count). The third-order valence-corrected chi connectivity index (χ3v) is 5.49. The van der Waals surface area contributed by atoms with Gasteiger partial charge in [-0.2, -0.15) is 0 Å². The lowest BCUT2D eigenvalue weighted by atomic mass is 10.0. The predicted octanol–water partition coefficient (Wildman–Crippen LogP) is 2.13. The lowest BCUT2D eigenvalue weighted by Gasteiger charge is -2.16. The number of benzene rings is 1. The zero-order valence-electron chi connectivity index (χ0n) is 19.5. The van der Waals surface area contributed by atoms with Gasteiger partial charge in [-0.3, -0.25) is 14.4 Å². The van der Waals surface area contributed by atoms with Crippen molar-refractivity contribution in [3.05, 3.63) is 69.1 Å². The van der Waals surface area contributed by atoms with E-state index in [2.05, 4.69) is 20.4 Å². The van der Waals surface area contributed by atoms with Crippen LogP contribution in [0.25, 0.3) is 11.0 Å². The predicted molar refractivity (Wildman–Crippen MR) is 126 cm³/mol. The van der Waals surface area contributed by atoms with Crippen LogP contribution >= 0.6 is 0 Å². The standard InChI is InChI=1S/C24H26F2N4O6/c1-36-19(32)13-27-21-17-9-14(5-3-2-4-8-31)11-28-22(17)30(35)24(34)20(21)23(33)29-12-15-6-7-16(25)10-18(15)26/h6-7,9-11,27,31,35H,2-5,8,12-13H2,1H3,(H,29,33). The van der Waals surface area contributed by atoms with E-state index in [0.29, 0.717) is 18.9 Å². The minimum absolute atomic E-state index is 0.0224. The third-order valence-electron chi connectivity index (χ3n) is 5.49. The van der Waals surface area contributed by atoms with Crippen LogP contribution in [0.1, 0.15) is 40.7 Å². The molecule has 2 aromatic heterocycles. The van der Waals surface area contributed by atoms with E-state index in [9.17, 15) is 28.4 Å². The van der Waals surface area contributed by atoms with Crippen LogP contribution in [0.4, 0.5) is 14.5 Å². The molecule has 0 aliphatic carbocycles. The Labute approximate surface area is 204 Å². The Kier molecular flexibility index (Phi) is 8.90. The van der Waals surface area contributed by atoms with Gasteiger partial charge in [-0.05, 0) is 37.0 Å². The second-order valence-corrected chi connectivity index (χ2v) is 7.96. The summed E-state index contributed by atoms with van der Waals surface area (Å²) in [6, 6.07) is 4.47. The molecular weight excluding hydrogens is 478 g/mol. The zero-order valence-corrected chi connectivity index (χ0v) is 19.5. The number of methoxy groups -OCH3 is 1. The number of pyridine rings is 2. The number of carbonyl (C=O) groups is 2. The number of ether oxygens (including phenoxy) is 1. The van der Waals surface area contributed by atoms with Crippen molar-refractivity contribution in [2.45, 2.75) is 32.2 Å². The Balaban J connectivity index is 2.03. The van der Waals surface area contributed by atoms with Crippen molar-refractivity contribution in [2.75, 3.05) is 25.6 Å². The quantitative estimate of drug-likeness (QED) is 0.177. The van der Waals surface area contributed by atoms with Crippen LogP contribution in [0.15, 0.2) is 35.3 Å². The maximum absolute atomic E-state index is 14.0. The molecule has 0 radical (unpaired) electrons. The first-order valence-corrected chi connectivity index (χ1v) is 11.2. The summed E-state index contributed by atoms with van der Waals surface area (Å²) in [5, 5.41) is 24.7. The van der Waals surface area contributed by atoms with Gasteiger partial charge >= 0.3 is 5.97 Å². The fourth-order valence-electron chi connectivity index (χ4n) is 3.61. The average molecular weight is 504 g/mol. The molecule has 0 saturated carbocycles. The molecule has 192 valence electrons. The number of hydrogen-bond donors (Lipinski definition) is 4. The molecule has 0 unspecified atom stereocenters. The lowest BCUT2D eigenvalue weighted by Crippen LogP contribution is -2.35. The number of halogens is 2. The number of aliphatic hydroxyl groups is 1. The van der Waals surface area contributed by atoms with E-state index in [1.165, 1.54) is 13.3 Å². The van der Waals surface area contributed by atoms with Gasteiger partial charge in [-0.25, -0.2) is 13.8 Å². The normalized spacial score (nSPS) is 10.9. The molecule has 3 aromatic rings. The highest BCUT2D eigenvalue weighted by atomic mass is 19.1. The fourth-order valence-corrected chi connectivity index (χ4v) is 3.61. The molecular formula is C24H26F2N4O6. The molecule has 0 bridgehead atoms. The zero-order chi connectivity index (χ0) is 26.2. The van der Waals surface area contributed by atoms with Gasteiger partial charge in [0.2, 0.25) is 0 Å². The number of fused-ring (bicyclic) bond motifs is 1. The number of aliphatic hydroxyl groups excluding tert-OH is 1. The number of aromatic nitrogens is 2. The SMILES string of the molecule is COC(=O)CNc1c(C(=O)NCc2ccc(F)cc2F)c(=O)n(O)c2ncc(CCCCCO)cc12. The number of unbranched alkanes of at least 4 members (excludes halogenated alkanes) is 2. The maximum atomic E-state index is 14.0. The highest BCUT2D eigenvalue weighted by molar-refractivity contribution is 6.07. The monoisotopic (exact) mass is 504 g/mol. The second kappa shape index (κ2) is 12.1. The summed E-state index contributed by atoms with van der Waals surface area (Å²) in [6.45, 7) is -0.684.